The summed E-state index contributed by atoms with van der Waals surface area (Å²) >= 11 is 0. The van der Waals surface area contributed by atoms with Crippen LogP contribution in [0.5, 0.6) is 0 Å². The minimum atomic E-state index is -0.0539. The van der Waals surface area contributed by atoms with Gasteiger partial charge in [0.05, 0.1) is 6.54 Å². The Balaban J connectivity index is 1.42. The van der Waals surface area contributed by atoms with Crippen LogP contribution in [0.25, 0.3) is 0 Å². The van der Waals surface area contributed by atoms with Crippen LogP contribution in [-0.4, -0.2) is 75.6 Å². The van der Waals surface area contributed by atoms with Gasteiger partial charge in [-0.15, -0.1) is 0 Å². The van der Waals surface area contributed by atoms with Crippen molar-refractivity contribution in [2.75, 3.05) is 31.5 Å². The average Bonchev–Trinajstić information content (AvgIpc) is 3.21. The normalized spacial score (nSPS) is 30.6. The molecular formula is C27H44N6O3. The SMILES string of the molecule is CC(C)[C@@H]1CC[C@@H](C)CC(=O)N2C[C@H]3C[C@H](CN(CC(=O)Nc4ccn(C)n4)C3)[C@@H]2CCCC(=O)N1. The molecule has 1 aromatic heterocycles. The van der Waals surface area contributed by atoms with E-state index in [2.05, 4.69) is 46.3 Å². The van der Waals surface area contributed by atoms with E-state index in [9.17, 15) is 14.4 Å². The molecule has 3 fully saturated rings. The first-order chi connectivity index (χ1) is 17.2. The number of rotatable bonds is 4. The molecule has 2 bridgehead atoms. The van der Waals surface area contributed by atoms with Gasteiger partial charge in [-0.25, -0.2) is 0 Å². The molecule has 0 aromatic carbocycles. The standard InChI is InChI=1S/C27H44N6O3/c1-18(2)22-9-8-19(3)12-27(36)33-15-20-13-21(23(33)6-5-7-25(34)28-22)16-32(14-20)17-26(35)29-24-10-11-31(4)30-24/h10-11,18-23H,5-9,12-17H2,1-4H3,(H,28,34)(H,29,30,35)/t19-,20+,21-,22+,23+/m1/s1. The Bertz CT molecular complexity index is 930. The molecule has 4 rings (SSSR count). The Hall–Kier alpha value is -2.42. The monoisotopic (exact) mass is 500 g/mol. The summed E-state index contributed by atoms with van der Waals surface area (Å²) in [5, 5.41) is 10.4. The number of hydrogen-bond acceptors (Lipinski definition) is 5. The lowest BCUT2D eigenvalue weighted by Gasteiger charge is -2.51. The highest BCUT2D eigenvalue weighted by Gasteiger charge is 2.43. The third-order valence-electron chi connectivity index (χ3n) is 8.26. The number of aryl methyl sites for hydroxylation is 1. The Morgan fingerprint density at radius 3 is 2.72 bits per heavy atom. The highest BCUT2D eigenvalue weighted by Crippen LogP contribution is 2.36. The molecule has 9 nitrogen and oxygen atoms in total. The van der Waals surface area contributed by atoms with Crippen LogP contribution in [0.3, 0.4) is 0 Å². The fourth-order valence-corrected chi connectivity index (χ4v) is 6.41. The molecule has 0 unspecified atom stereocenters. The summed E-state index contributed by atoms with van der Waals surface area (Å²) in [4.78, 5) is 43.2. The lowest BCUT2D eigenvalue weighted by atomic mass is 9.77. The van der Waals surface area contributed by atoms with Crippen LogP contribution in [0, 0.1) is 23.7 Å². The van der Waals surface area contributed by atoms with Crippen molar-refractivity contribution in [3.05, 3.63) is 12.3 Å². The number of anilines is 1. The highest BCUT2D eigenvalue weighted by molar-refractivity contribution is 5.91. The van der Waals surface area contributed by atoms with Gasteiger partial charge in [-0.05, 0) is 55.8 Å². The van der Waals surface area contributed by atoms with Crippen molar-refractivity contribution in [3.8, 4) is 0 Å². The summed E-state index contributed by atoms with van der Waals surface area (Å²) in [6.07, 6.45) is 7.45. The number of likely N-dealkylation sites (tertiary alicyclic amines) is 1. The number of nitrogens with one attached hydrogen (secondary N) is 2. The van der Waals surface area contributed by atoms with Gasteiger partial charge in [0.1, 0.15) is 0 Å². The van der Waals surface area contributed by atoms with E-state index in [1.165, 1.54) is 0 Å². The maximum Gasteiger partial charge on any atom is 0.239 e. The summed E-state index contributed by atoms with van der Waals surface area (Å²) in [6, 6.07) is 2.10. The minimum Gasteiger partial charge on any atom is -0.353 e. The van der Waals surface area contributed by atoms with Crippen LogP contribution < -0.4 is 10.6 Å². The average molecular weight is 501 g/mol. The van der Waals surface area contributed by atoms with Gasteiger partial charge in [-0.2, -0.15) is 5.10 Å². The third-order valence-corrected chi connectivity index (χ3v) is 8.26. The molecule has 0 aliphatic carbocycles. The quantitative estimate of drug-likeness (QED) is 0.662. The molecule has 3 amide bonds. The van der Waals surface area contributed by atoms with Crippen molar-refractivity contribution in [1.82, 2.24) is 24.9 Å². The van der Waals surface area contributed by atoms with Crippen LogP contribution >= 0.6 is 0 Å². The molecule has 0 radical (unpaired) electrons. The molecule has 4 heterocycles. The zero-order valence-corrected chi connectivity index (χ0v) is 22.4. The molecule has 3 saturated heterocycles. The third kappa shape index (κ3) is 6.87. The maximum atomic E-state index is 13.5. The van der Waals surface area contributed by atoms with E-state index in [0.717, 1.165) is 51.7 Å². The van der Waals surface area contributed by atoms with Crippen LogP contribution in [-0.2, 0) is 21.4 Å². The molecule has 0 spiro atoms. The van der Waals surface area contributed by atoms with E-state index in [4.69, 9.17) is 0 Å². The summed E-state index contributed by atoms with van der Waals surface area (Å²) in [5.74, 6) is 2.30. The van der Waals surface area contributed by atoms with E-state index < -0.39 is 0 Å². The van der Waals surface area contributed by atoms with E-state index >= 15 is 0 Å². The van der Waals surface area contributed by atoms with E-state index in [-0.39, 0.29) is 29.8 Å². The second-order valence-electron chi connectivity index (χ2n) is 11.8. The molecular weight excluding hydrogens is 456 g/mol. The van der Waals surface area contributed by atoms with Crippen molar-refractivity contribution >= 4 is 23.5 Å². The lowest BCUT2D eigenvalue weighted by Crippen LogP contribution is -2.60. The number of aromatic nitrogens is 2. The second-order valence-corrected chi connectivity index (χ2v) is 11.8. The second kappa shape index (κ2) is 11.8. The Kier molecular flexibility index (Phi) is 8.70. The number of carbonyl (C=O) groups excluding carboxylic acids is 3. The smallest absolute Gasteiger partial charge is 0.239 e. The van der Waals surface area contributed by atoms with Crippen molar-refractivity contribution in [2.45, 2.75) is 77.8 Å². The molecule has 0 saturated carbocycles. The van der Waals surface area contributed by atoms with Crippen LogP contribution in [0.1, 0.15) is 65.7 Å². The Morgan fingerprint density at radius 2 is 2.00 bits per heavy atom. The zero-order chi connectivity index (χ0) is 25.8. The maximum absolute atomic E-state index is 13.5. The van der Waals surface area contributed by atoms with Gasteiger partial charge >= 0.3 is 0 Å². The van der Waals surface area contributed by atoms with E-state index in [1.807, 2.05) is 13.2 Å². The summed E-state index contributed by atoms with van der Waals surface area (Å²) in [7, 11) is 1.83. The molecule has 36 heavy (non-hydrogen) atoms. The topological polar surface area (TPSA) is 99.6 Å². The summed E-state index contributed by atoms with van der Waals surface area (Å²) in [5.41, 5.74) is 0. The number of carbonyl (C=O) groups is 3. The lowest BCUT2D eigenvalue weighted by molar-refractivity contribution is -0.142. The van der Waals surface area contributed by atoms with Crippen molar-refractivity contribution in [2.24, 2.45) is 30.7 Å². The van der Waals surface area contributed by atoms with E-state index in [0.29, 0.717) is 48.9 Å². The molecule has 1 aromatic rings. The fraction of sp³-hybridized carbons (Fsp3) is 0.778. The predicted octanol–water partition coefficient (Wildman–Crippen LogP) is 2.64. The number of piperidine rings is 2. The minimum absolute atomic E-state index is 0.0539. The number of nitrogens with zero attached hydrogens (tertiary/aromatic N) is 4. The zero-order valence-electron chi connectivity index (χ0n) is 22.4. The first-order valence-corrected chi connectivity index (χ1v) is 13.8. The largest absolute Gasteiger partial charge is 0.353 e. The number of hydrogen-bond donors (Lipinski definition) is 2. The molecule has 3 aliphatic heterocycles. The first-order valence-electron chi connectivity index (χ1n) is 13.8. The molecule has 3 aliphatic rings. The number of fused-ring (bicyclic) bond motifs is 4. The van der Waals surface area contributed by atoms with Gasteiger partial charge < -0.3 is 15.5 Å². The van der Waals surface area contributed by atoms with Crippen LogP contribution in [0.2, 0.25) is 0 Å². The summed E-state index contributed by atoms with van der Waals surface area (Å²) in [6.45, 7) is 9.20. The van der Waals surface area contributed by atoms with Crippen LogP contribution in [0.4, 0.5) is 5.82 Å². The Labute approximate surface area is 215 Å². The van der Waals surface area contributed by atoms with Gasteiger partial charge in [0.15, 0.2) is 5.82 Å². The van der Waals surface area contributed by atoms with Crippen molar-refractivity contribution in [1.29, 1.82) is 0 Å². The first kappa shape index (κ1) is 26.6. The van der Waals surface area contributed by atoms with Gasteiger partial charge in [0, 0.05) is 63.9 Å². The number of amides is 3. The van der Waals surface area contributed by atoms with Crippen molar-refractivity contribution < 1.29 is 14.4 Å². The van der Waals surface area contributed by atoms with Gasteiger partial charge in [-0.1, -0.05) is 20.8 Å². The summed E-state index contributed by atoms with van der Waals surface area (Å²) < 4.78 is 1.67. The molecule has 5 atom stereocenters. The van der Waals surface area contributed by atoms with Gasteiger partial charge in [-0.3, -0.25) is 24.0 Å². The predicted molar refractivity (Wildman–Crippen MR) is 139 cm³/mol. The molecule has 200 valence electrons. The van der Waals surface area contributed by atoms with Crippen LogP contribution in [0.15, 0.2) is 12.3 Å². The van der Waals surface area contributed by atoms with E-state index in [1.54, 1.807) is 10.7 Å². The molecule has 2 N–H and O–H groups in total. The molecule has 9 heteroatoms. The highest BCUT2D eigenvalue weighted by atomic mass is 16.2. The Morgan fingerprint density at radius 1 is 1.19 bits per heavy atom. The van der Waals surface area contributed by atoms with Gasteiger partial charge in [0.25, 0.3) is 0 Å². The van der Waals surface area contributed by atoms with Crippen molar-refractivity contribution in [3.63, 3.8) is 0 Å². The van der Waals surface area contributed by atoms with Gasteiger partial charge in [0.2, 0.25) is 17.7 Å². The fourth-order valence-electron chi connectivity index (χ4n) is 6.41.